The Balaban J connectivity index is 1.62. The summed E-state index contributed by atoms with van der Waals surface area (Å²) in [4.78, 5) is 34.1. The zero-order valence-electron chi connectivity index (χ0n) is 16.7. The van der Waals surface area contributed by atoms with Crippen molar-refractivity contribution in [3.8, 4) is 11.5 Å². The number of hydrogen-bond donors (Lipinski definition) is 1. The lowest BCUT2D eigenvalue weighted by molar-refractivity contribution is -0.126. The van der Waals surface area contributed by atoms with Gasteiger partial charge in [-0.2, -0.15) is 0 Å². The van der Waals surface area contributed by atoms with E-state index in [9.17, 15) is 14.7 Å². The molecular formula is C24H20N2O5. The Hall–Kier alpha value is -3.84. The van der Waals surface area contributed by atoms with E-state index in [1.165, 1.54) is 7.11 Å². The molecule has 7 heteroatoms. The molecule has 0 spiro atoms. The number of fused-ring (bicyclic) bond motifs is 1. The first kappa shape index (κ1) is 19.1. The van der Waals surface area contributed by atoms with Crippen molar-refractivity contribution in [3.05, 3.63) is 84.4 Å². The summed E-state index contributed by atoms with van der Waals surface area (Å²) in [7, 11) is 1.49. The van der Waals surface area contributed by atoms with Crippen LogP contribution in [0.3, 0.4) is 0 Å². The number of hydroxylamine groups is 1. The van der Waals surface area contributed by atoms with Gasteiger partial charge in [0.1, 0.15) is 17.4 Å². The molecule has 1 N–H and O–H groups in total. The highest BCUT2D eigenvalue weighted by atomic mass is 16.7. The number of phenols is 1. The number of nitrogens with zero attached hydrogens (tertiary/aromatic N) is 2. The molecule has 3 atom stereocenters. The van der Waals surface area contributed by atoms with Crippen molar-refractivity contribution in [2.45, 2.75) is 12.1 Å². The Morgan fingerprint density at radius 1 is 0.871 bits per heavy atom. The van der Waals surface area contributed by atoms with Gasteiger partial charge in [-0.15, -0.1) is 0 Å². The summed E-state index contributed by atoms with van der Waals surface area (Å²) in [5.41, 5.74) is 1.58. The smallest absolute Gasteiger partial charge is 0.266 e. The number of phenolic OH excluding ortho intramolecular Hbond substituents is 1. The molecule has 3 aromatic carbocycles. The van der Waals surface area contributed by atoms with Crippen LogP contribution in [0.15, 0.2) is 78.9 Å². The van der Waals surface area contributed by atoms with Crippen LogP contribution in [-0.2, 0) is 14.4 Å². The van der Waals surface area contributed by atoms with Gasteiger partial charge in [0.25, 0.3) is 5.91 Å². The third-order valence-corrected chi connectivity index (χ3v) is 5.71. The van der Waals surface area contributed by atoms with Crippen LogP contribution >= 0.6 is 0 Å². The highest BCUT2D eigenvalue weighted by molar-refractivity contribution is 6.24. The summed E-state index contributed by atoms with van der Waals surface area (Å²) in [6, 6.07) is 22.2. The van der Waals surface area contributed by atoms with Gasteiger partial charge in [0.15, 0.2) is 6.10 Å². The maximum absolute atomic E-state index is 13.6. The number of imide groups is 1. The molecule has 2 fully saturated rings. The van der Waals surface area contributed by atoms with E-state index in [1.807, 2.05) is 30.3 Å². The molecule has 0 aromatic heterocycles. The Morgan fingerprint density at radius 2 is 1.55 bits per heavy atom. The van der Waals surface area contributed by atoms with Crippen LogP contribution in [0.1, 0.15) is 11.6 Å². The fraction of sp³-hybridized carbons (Fsp3) is 0.167. The van der Waals surface area contributed by atoms with Gasteiger partial charge in [-0.1, -0.05) is 48.5 Å². The normalized spacial score (nSPS) is 22.7. The second-order valence-corrected chi connectivity index (χ2v) is 7.40. The number of para-hydroxylation sites is 4. The third kappa shape index (κ3) is 2.93. The molecule has 5 rings (SSSR count). The minimum atomic E-state index is -1.01. The SMILES string of the molecule is COc1ccccc1N1C(=O)C2ON(c3ccccc3)C(c3ccccc3O)C2C1=O. The van der Waals surface area contributed by atoms with Crippen LogP contribution in [0.5, 0.6) is 11.5 Å². The average Bonchev–Trinajstić information content (AvgIpc) is 3.31. The van der Waals surface area contributed by atoms with Gasteiger partial charge in [-0.25, -0.2) is 9.96 Å². The van der Waals surface area contributed by atoms with E-state index in [2.05, 4.69) is 0 Å². The lowest BCUT2D eigenvalue weighted by Crippen LogP contribution is -2.37. The van der Waals surface area contributed by atoms with Crippen LogP contribution in [0.4, 0.5) is 11.4 Å². The van der Waals surface area contributed by atoms with Gasteiger partial charge in [0.2, 0.25) is 5.91 Å². The van der Waals surface area contributed by atoms with E-state index in [-0.39, 0.29) is 5.75 Å². The number of methoxy groups -OCH3 is 1. The van der Waals surface area contributed by atoms with Gasteiger partial charge in [-0.3, -0.25) is 14.4 Å². The molecule has 2 aliphatic rings. The van der Waals surface area contributed by atoms with Crippen LogP contribution in [0.25, 0.3) is 0 Å². The largest absolute Gasteiger partial charge is 0.508 e. The molecule has 156 valence electrons. The molecule has 2 amide bonds. The number of amides is 2. The van der Waals surface area contributed by atoms with Gasteiger partial charge in [-0.05, 0) is 30.3 Å². The number of carbonyl (C=O) groups excluding carboxylic acids is 2. The van der Waals surface area contributed by atoms with Crippen LogP contribution in [0, 0.1) is 5.92 Å². The van der Waals surface area contributed by atoms with E-state index >= 15 is 0 Å². The van der Waals surface area contributed by atoms with Crippen molar-refractivity contribution >= 4 is 23.2 Å². The molecule has 7 nitrogen and oxygen atoms in total. The number of carbonyl (C=O) groups is 2. The summed E-state index contributed by atoms with van der Waals surface area (Å²) in [5.74, 6) is -1.23. The summed E-state index contributed by atoms with van der Waals surface area (Å²) >= 11 is 0. The van der Waals surface area contributed by atoms with Gasteiger partial charge in [0.05, 0.1) is 24.5 Å². The molecule has 2 saturated heterocycles. The van der Waals surface area contributed by atoms with E-state index in [4.69, 9.17) is 9.57 Å². The Bertz CT molecular complexity index is 1150. The average molecular weight is 416 g/mol. The summed E-state index contributed by atoms with van der Waals surface area (Å²) in [6.07, 6.45) is -1.01. The van der Waals surface area contributed by atoms with Gasteiger partial charge in [0, 0.05) is 5.56 Å². The number of aromatic hydroxyl groups is 1. The van der Waals surface area contributed by atoms with E-state index < -0.39 is 29.9 Å². The zero-order valence-corrected chi connectivity index (χ0v) is 16.7. The number of ether oxygens (including phenoxy) is 1. The molecule has 31 heavy (non-hydrogen) atoms. The van der Waals surface area contributed by atoms with Crippen molar-refractivity contribution in [2.24, 2.45) is 5.92 Å². The fourth-order valence-corrected chi connectivity index (χ4v) is 4.32. The molecule has 0 aliphatic carbocycles. The van der Waals surface area contributed by atoms with Crippen molar-refractivity contribution in [1.29, 1.82) is 0 Å². The van der Waals surface area contributed by atoms with E-state index in [0.29, 0.717) is 22.7 Å². The first-order valence-electron chi connectivity index (χ1n) is 9.91. The second-order valence-electron chi connectivity index (χ2n) is 7.40. The van der Waals surface area contributed by atoms with Crippen LogP contribution in [0.2, 0.25) is 0 Å². The molecule has 3 unspecified atom stereocenters. The molecule has 2 heterocycles. The summed E-state index contributed by atoms with van der Waals surface area (Å²) in [5, 5.41) is 12.1. The van der Waals surface area contributed by atoms with Crippen molar-refractivity contribution in [3.63, 3.8) is 0 Å². The third-order valence-electron chi connectivity index (χ3n) is 5.71. The minimum Gasteiger partial charge on any atom is -0.508 e. The predicted molar refractivity (Wildman–Crippen MR) is 114 cm³/mol. The highest BCUT2D eigenvalue weighted by Gasteiger charge is 2.61. The van der Waals surface area contributed by atoms with Crippen molar-refractivity contribution < 1.29 is 24.3 Å². The Morgan fingerprint density at radius 3 is 2.29 bits per heavy atom. The van der Waals surface area contributed by atoms with E-state index in [0.717, 1.165) is 4.90 Å². The maximum atomic E-state index is 13.6. The van der Waals surface area contributed by atoms with Gasteiger partial charge >= 0.3 is 0 Å². The molecule has 0 bridgehead atoms. The molecule has 3 aromatic rings. The number of rotatable bonds is 4. The van der Waals surface area contributed by atoms with Crippen LogP contribution in [-0.4, -0.2) is 30.1 Å². The first-order valence-corrected chi connectivity index (χ1v) is 9.91. The summed E-state index contributed by atoms with van der Waals surface area (Å²) in [6.45, 7) is 0. The zero-order chi connectivity index (χ0) is 21.5. The number of benzene rings is 3. The quantitative estimate of drug-likeness (QED) is 0.657. The standard InChI is InChI=1S/C24H20N2O5/c1-30-19-14-8-6-12-17(19)25-23(28)20-21(16-11-5-7-13-18(16)27)26(31-22(20)24(25)29)15-9-3-2-4-10-15/h2-14,20-22,27H,1H3. The van der Waals surface area contributed by atoms with Crippen molar-refractivity contribution in [2.75, 3.05) is 17.1 Å². The number of anilines is 2. The number of hydrogen-bond acceptors (Lipinski definition) is 6. The van der Waals surface area contributed by atoms with Gasteiger partial charge < -0.3 is 9.84 Å². The lowest BCUT2D eigenvalue weighted by atomic mass is 9.90. The Labute approximate surface area is 179 Å². The van der Waals surface area contributed by atoms with E-state index in [1.54, 1.807) is 53.6 Å². The first-order chi connectivity index (χ1) is 15.1. The molecule has 0 radical (unpaired) electrons. The highest BCUT2D eigenvalue weighted by Crippen LogP contribution is 2.50. The summed E-state index contributed by atoms with van der Waals surface area (Å²) < 4.78 is 5.36. The maximum Gasteiger partial charge on any atom is 0.266 e. The molecule has 0 saturated carbocycles. The predicted octanol–water partition coefficient (Wildman–Crippen LogP) is 3.45. The topological polar surface area (TPSA) is 79.3 Å². The Kier molecular flexibility index (Phi) is 4.60. The minimum absolute atomic E-state index is 0.0358. The fourth-order valence-electron chi connectivity index (χ4n) is 4.32. The lowest BCUT2D eigenvalue weighted by Gasteiger charge is -2.29. The molecule has 2 aliphatic heterocycles. The van der Waals surface area contributed by atoms with Crippen LogP contribution < -0.4 is 14.7 Å². The monoisotopic (exact) mass is 416 g/mol. The molecular weight excluding hydrogens is 396 g/mol. The second kappa shape index (κ2) is 7.45. The van der Waals surface area contributed by atoms with Crippen molar-refractivity contribution in [1.82, 2.24) is 0 Å².